The minimum Gasteiger partial charge on any atom is -0.345 e. The number of hydrogen-bond donors (Lipinski definition) is 2. The summed E-state index contributed by atoms with van der Waals surface area (Å²) in [5.41, 5.74) is 6.33. The number of anilines is 1. The molecule has 0 radical (unpaired) electrons. The summed E-state index contributed by atoms with van der Waals surface area (Å²) in [6.45, 7) is 2.33. The molecule has 0 aliphatic carbocycles. The van der Waals surface area contributed by atoms with Crippen molar-refractivity contribution in [2.24, 2.45) is 11.7 Å². The third kappa shape index (κ3) is 4.51. The highest BCUT2D eigenvalue weighted by Gasteiger charge is 2.16. The van der Waals surface area contributed by atoms with E-state index in [0.29, 0.717) is 29.2 Å². The number of carbonyl (C=O) groups is 2. The number of nitrogens with zero attached hydrogens (tertiary/aromatic N) is 1. The molecule has 0 aliphatic rings. The first-order valence-corrected chi connectivity index (χ1v) is 6.74. The molecule has 2 amide bonds. The third-order valence-electron chi connectivity index (χ3n) is 2.83. The fourth-order valence-electron chi connectivity index (χ4n) is 1.65. The molecular formula is C14H20ClN3O2. The molecule has 0 bridgehead atoms. The molecular weight excluding hydrogens is 278 g/mol. The lowest BCUT2D eigenvalue weighted by atomic mass is 10.1. The number of amides is 2. The highest BCUT2D eigenvalue weighted by atomic mass is 35.5. The van der Waals surface area contributed by atoms with Crippen LogP contribution in [0.25, 0.3) is 0 Å². The van der Waals surface area contributed by atoms with Crippen LogP contribution in [0.3, 0.4) is 0 Å². The van der Waals surface area contributed by atoms with Gasteiger partial charge in [-0.05, 0) is 30.7 Å². The van der Waals surface area contributed by atoms with Crippen molar-refractivity contribution in [1.29, 1.82) is 0 Å². The van der Waals surface area contributed by atoms with Crippen molar-refractivity contribution in [1.82, 2.24) is 4.90 Å². The van der Waals surface area contributed by atoms with Crippen molar-refractivity contribution in [3.05, 3.63) is 28.8 Å². The van der Waals surface area contributed by atoms with Crippen LogP contribution in [0.4, 0.5) is 5.69 Å². The molecule has 0 spiro atoms. The Balaban J connectivity index is 2.95. The number of halogens is 1. The zero-order valence-corrected chi connectivity index (χ0v) is 12.7. The molecule has 1 aromatic rings. The predicted molar refractivity (Wildman–Crippen MR) is 80.9 cm³/mol. The Kier molecular flexibility index (Phi) is 5.98. The first-order valence-electron chi connectivity index (χ1n) is 6.36. The van der Waals surface area contributed by atoms with Gasteiger partial charge in [0, 0.05) is 25.5 Å². The average molecular weight is 298 g/mol. The fourth-order valence-corrected chi connectivity index (χ4v) is 1.82. The monoisotopic (exact) mass is 297 g/mol. The molecule has 0 fully saturated rings. The van der Waals surface area contributed by atoms with E-state index in [1.54, 1.807) is 32.3 Å². The molecule has 0 heterocycles. The minimum absolute atomic E-state index is 0.0854. The Morgan fingerprint density at radius 3 is 2.60 bits per heavy atom. The van der Waals surface area contributed by atoms with Gasteiger partial charge in [-0.15, -0.1) is 0 Å². The van der Waals surface area contributed by atoms with E-state index < -0.39 is 0 Å². The van der Waals surface area contributed by atoms with E-state index in [1.165, 1.54) is 4.90 Å². The Morgan fingerprint density at radius 2 is 2.05 bits per heavy atom. The van der Waals surface area contributed by atoms with Gasteiger partial charge in [-0.2, -0.15) is 0 Å². The van der Waals surface area contributed by atoms with Crippen molar-refractivity contribution in [2.45, 2.75) is 13.3 Å². The molecule has 1 aromatic carbocycles. The summed E-state index contributed by atoms with van der Waals surface area (Å²) in [6.07, 6.45) is 0.304. The number of nitrogens with one attached hydrogen (secondary N) is 1. The highest BCUT2D eigenvalue weighted by Crippen LogP contribution is 2.22. The van der Waals surface area contributed by atoms with Crippen LogP contribution in [0, 0.1) is 5.92 Å². The minimum atomic E-state index is -0.191. The summed E-state index contributed by atoms with van der Waals surface area (Å²) in [6, 6.07) is 4.80. The second-order valence-corrected chi connectivity index (χ2v) is 5.42. The van der Waals surface area contributed by atoms with Gasteiger partial charge < -0.3 is 16.0 Å². The molecule has 6 heteroatoms. The quantitative estimate of drug-likeness (QED) is 0.872. The van der Waals surface area contributed by atoms with E-state index in [4.69, 9.17) is 17.3 Å². The van der Waals surface area contributed by atoms with Gasteiger partial charge >= 0.3 is 0 Å². The molecule has 5 nitrogen and oxygen atoms in total. The molecule has 110 valence electrons. The number of rotatable bonds is 5. The van der Waals surface area contributed by atoms with Crippen molar-refractivity contribution >= 4 is 29.1 Å². The smallest absolute Gasteiger partial charge is 0.255 e. The van der Waals surface area contributed by atoms with Crippen LogP contribution in [0.2, 0.25) is 5.02 Å². The Labute approximate surface area is 124 Å². The van der Waals surface area contributed by atoms with Gasteiger partial charge in [0.2, 0.25) is 5.91 Å². The van der Waals surface area contributed by atoms with Crippen molar-refractivity contribution in [3.63, 3.8) is 0 Å². The number of carbonyl (C=O) groups excluding carboxylic acids is 2. The summed E-state index contributed by atoms with van der Waals surface area (Å²) >= 11 is 5.92. The number of nitrogens with two attached hydrogens (primary N) is 1. The van der Waals surface area contributed by atoms with Gasteiger partial charge in [-0.1, -0.05) is 18.5 Å². The number of hydrogen-bond acceptors (Lipinski definition) is 3. The van der Waals surface area contributed by atoms with Crippen LogP contribution >= 0.6 is 11.6 Å². The second-order valence-electron chi connectivity index (χ2n) is 4.98. The van der Waals surface area contributed by atoms with Crippen LogP contribution in [0.1, 0.15) is 23.7 Å². The third-order valence-corrected chi connectivity index (χ3v) is 3.06. The molecule has 0 saturated carbocycles. The standard InChI is InChI=1S/C14H20ClN3O2/c1-9(8-16)6-13(19)17-12-7-10(15)4-5-11(12)14(20)18(2)3/h4-5,7,9H,6,8,16H2,1-3H3,(H,17,19). The molecule has 0 saturated heterocycles. The van der Waals surface area contributed by atoms with E-state index in [9.17, 15) is 9.59 Å². The van der Waals surface area contributed by atoms with Gasteiger partial charge in [-0.3, -0.25) is 9.59 Å². The molecule has 1 unspecified atom stereocenters. The first-order chi connectivity index (χ1) is 9.35. The zero-order chi connectivity index (χ0) is 15.3. The molecule has 1 atom stereocenters. The lowest BCUT2D eigenvalue weighted by Crippen LogP contribution is -2.25. The molecule has 0 aliphatic heterocycles. The Bertz CT molecular complexity index is 503. The predicted octanol–water partition coefficient (Wildman–Crippen LogP) is 1.97. The van der Waals surface area contributed by atoms with Crippen molar-refractivity contribution in [3.8, 4) is 0 Å². The summed E-state index contributed by atoms with van der Waals surface area (Å²) in [4.78, 5) is 25.4. The van der Waals surface area contributed by atoms with Crippen LogP contribution in [0.15, 0.2) is 18.2 Å². The van der Waals surface area contributed by atoms with Gasteiger partial charge in [0.25, 0.3) is 5.91 Å². The van der Waals surface area contributed by atoms with Gasteiger partial charge in [0.05, 0.1) is 11.3 Å². The average Bonchev–Trinajstić information content (AvgIpc) is 2.37. The normalized spacial score (nSPS) is 11.8. The molecule has 1 rings (SSSR count). The largest absolute Gasteiger partial charge is 0.345 e. The van der Waals surface area contributed by atoms with E-state index in [0.717, 1.165) is 0 Å². The van der Waals surface area contributed by atoms with Gasteiger partial charge in [0.1, 0.15) is 0 Å². The maximum absolute atomic E-state index is 12.0. The van der Waals surface area contributed by atoms with E-state index in [1.807, 2.05) is 6.92 Å². The first kappa shape index (κ1) is 16.5. The van der Waals surface area contributed by atoms with Crippen molar-refractivity contribution in [2.75, 3.05) is 26.0 Å². The van der Waals surface area contributed by atoms with E-state index in [2.05, 4.69) is 5.32 Å². The summed E-state index contributed by atoms with van der Waals surface area (Å²) in [7, 11) is 3.30. The topological polar surface area (TPSA) is 75.4 Å². The maximum Gasteiger partial charge on any atom is 0.255 e. The van der Waals surface area contributed by atoms with Crippen LogP contribution < -0.4 is 11.1 Å². The van der Waals surface area contributed by atoms with Crippen molar-refractivity contribution < 1.29 is 9.59 Å². The van der Waals surface area contributed by atoms with Crippen LogP contribution in [-0.4, -0.2) is 37.4 Å². The fraction of sp³-hybridized carbons (Fsp3) is 0.429. The van der Waals surface area contributed by atoms with E-state index >= 15 is 0 Å². The summed E-state index contributed by atoms with van der Waals surface area (Å²) in [5.74, 6) is -0.288. The highest BCUT2D eigenvalue weighted by molar-refractivity contribution is 6.31. The lowest BCUT2D eigenvalue weighted by molar-refractivity contribution is -0.116. The molecule has 0 aromatic heterocycles. The molecule has 20 heavy (non-hydrogen) atoms. The Morgan fingerprint density at radius 1 is 1.40 bits per heavy atom. The molecule has 3 N–H and O–H groups in total. The summed E-state index contributed by atoms with van der Waals surface area (Å²) < 4.78 is 0. The van der Waals surface area contributed by atoms with Gasteiger partial charge in [0.15, 0.2) is 0 Å². The number of benzene rings is 1. The van der Waals surface area contributed by atoms with Crippen LogP contribution in [-0.2, 0) is 4.79 Å². The van der Waals surface area contributed by atoms with Gasteiger partial charge in [-0.25, -0.2) is 0 Å². The second kappa shape index (κ2) is 7.26. The SMILES string of the molecule is CC(CN)CC(=O)Nc1cc(Cl)ccc1C(=O)N(C)C. The maximum atomic E-state index is 12.0. The van der Waals surface area contributed by atoms with Crippen LogP contribution in [0.5, 0.6) is 0 Å². The summed E-state index contributed by atoms with van der Waals surface area (Å²) in [5, 5.41) is 3.19. The van der Waals surface area contributed by atoms with E-state index in [-0.39, 0.29) is 17.7 Å². The Hall–Kier alpha value is -1.59. The zero-order valence-electron chi connectivity index (χ0n) is 11.9. The lowest BCUT2D eigenvalue weighted by Gasteiger charge is -2.16.